The van der Waals surface area contributed by atoms with E-state index in [0.29, 0.717) is 0 Å². The first-order chi connectivity index (χ1) is 6.61. The molecule has 6 heteroatoms. The lowest BCUT2D eigenvalue weighted by Crippen LogP contribution is -2.57. The van der Waals surface area contributed by atoms with Crippen molar-refractivity contribution in [2.24, 2.45) is 0 Å². The maximum Gasteiger partial charge on any atom is 0.132 e. The van der Waals surface area contributed by atoms with E-state index in [1.807, 2.05) is 6.92 Å². The van der Waals surface area contributed by atoms with Crippen molar-refractivity contribution in [1.29, 1.82) is 0 Å². The van der Waals surface area contributed by atoms with Gasteiger partial charge in [-0.2, -0.15) is 0 Å². The molecule has 1 heterocycles. The van der Waals surface area contributed by atoms with Gasteiger partial charge in [0.1, 0.15) is 29.9 Å². The Hall–Kier alpha value is 0.150. The highest BCUT2D eigenvalue weighted by atomic mass is 32.2. The molecule has 1 aliphatic heterocycles. The number of thioether (sulfide) groups is 1. The molecule has 0 amide bonds. The summed E-state index contributed by atoms with van der Waals surface area (Å²) in [4.78, 5) is 0. The Labute approximate surface area is 86.7 Å². The van der Waals surface area contributed by atoms with Crippen molar-refractivity contribution in [3.05, 3.63) is 0 Å². The Morgan fingerprint density at radius 2 is 1.79 bits per heavy atom. The molecule has 1 aliphatic rings. The normalized spacial score (nSPS) is 43.9. The molecule has 0 aromatic carbocycles. The average Bonchev–Trinajstić information content (AvgIpc) is 2.19. The van der Waals surface area contributed by atoms with E-state index in [1.165, 1.54) is 11.8 Å². The minimum atomic E-state index is -1.26. The second kappa shape index (κ2) is 5.29. The highest BCUT2D eigenvalue weighted by Gasteiger charge is 2.43. The minimum absolute atomic E-state index is 0.369. The second-order valence-corrected chi connectivity index (χ2v) is 4.53. The second-order valence-electron chi connectivity index (χ2n) is 3.15. The van der Waals surface area contributed by atoms with Gasteiger partial charge in [0.25, 0.3) is 0 Å². The summed E-state index contributed by atoms with van der Waals surface area (Å²) in [5.74, 6) is 0.725. The van der Waals surface area contributed by atoms with E-state index in [4.69, 9.17) is 9.84 Å². The quantitative estimate of drug-likeness (QED) is 0.468. The van der Waals surface area contributed by atoms with Gasteiger partial charge in [-0.25, -0.2) is 0 Å². The van der Waals surface area contributed by atoms with Gasteiger partial charge in [-0.1, -0.05) is 6.92 Å². The zero-order chi connectivity index (χ0) is 10.7. The standard InChI is InChI=1S/C8H16O5S/c1-2-14-8-7(12)6(11)5(10)4(3-9)13-8/h4-12H,2-3H2,1H3/t4-,5+,6+,7-,8+/m1/s1. The maximum atomic E-state index is 9.51. The van der Waals surface area contributed by atoms with Crippen molar-refractivity contribution >= 4 is 11.8 Å². The largest absolute Gasteiger partial charge is 0.394 e. The molecule has 0 aromatic rings. The first-order valence-electron chi connectivity index (χ1n) is 4.54. The number of hydrogen-bond donors (Lipinski definition) is 4. The first kappa shape index (κ1) is 12.2. The number of hydrogen-bond acceptors (Lipinski definition) is 6. The van der Waals surface area contributed by atoms with Crippen LogP contribution in [0.3, 0.4) is 0 Å². The number of aliphatic hydroxyl groups is 4. The molecule has 0 spiro atoms. The summed E-state index contributed by atoms with van der Waals surface area (Å²) in [7, 11) is 0. The molecule has 4 N–H and O–H groups in total. The molecule has 84 valence electrons. The Morgan fingerprint density at radius 1 is 1.14 bits per heavy atom. The highest BCUT2D eigenvalue weighted by Crippen LogP contribution is 2.27. The summed E-state index contributed by atoms with van der Waals surface area (Å²) >= 11 is 1.33. The van der Waals surface area contributed by atoms with Crippen LogP contribution in [0.25, 0.3) is 0 Å². The van der Waals surface area contributed by atoms with E-state index in [0.717, 1.165) is 5.75 Å². The van der Waals surface area contributed by atoms with E-state index in [1.54, 1.807) is 0 Å². The summed E-state index contributed by atoms with van der Waals surface area (Å²) < 4.78 is 5.22. The summed E-state index contributed by atoms with van der Waals surface area (Å²) in [5, 5.41) is 37.2. The van der Waals surface area contributed by atoms with E-state index in [9.17, 15) is 15.3 Å². The lowest BCUT2D eigenvalue weighted by Gasteiger charge is -2.39. The molecule has 0 bridgehead atoms. The molecule has 0 unspecified atom stereocenters. The van der Waals surface area contributed by atoms with Crippen LogP contribution in [-0.2, 0) is 4.74 Å². The van der Waals surface area contributed by atoms with Crippen LogP contribution in [0.15, 0.2) is 0 Å². The Morgan fingerprint density at radius 3 is 2.29 bits per heavy atom. The van der Waals surface area contributed by atoms with Gasteiger partial charge in [0.05, 0.1) is 6.61 Å². The van der Waals surface area contributed by atoms with Gasteiger partial charge >= 0.3 is 0 Å². The van der Waals surface area contributed by atoms with Crippen LogP contribution in [0.4, 0.5) is 0 Å². The molecule has 1 fully saturated rings. The average molecular weight is 224 g/mol. The molecular weight excluding hydrogens is 208 g/mol. The Bertz CT molecular complexity index is 175. The molecule has 5 nitrogen and oxygen atoms in total. The van der Waals surface area contributed by atoms with Gasteiger partial charge in [-0.15, -0.1) is 11.8 Å². The van der Waals surface area contributed by atoms with Crippen molar-refractivity contribution in [3.8, 4) is 0 Å². The third-order valence-electron chi connectivity index (χ3n) is 2.18. The van der Waals surface area contributed by atoms with Gasteiger partial charge in [0, 0.05) is 0 Å². The van der Waals surface area contributed by atoms with Crippen LogP contribution < -0.4 is 0 Å². The molecule has 0 saturated carbocycles. The molecular formula is C8H16O5S. The van der Waals surface area contributed by atoms with Crippen molar-refractivity contribution in [1.82, 2.24) is 0 Å². The van der Waals surface area contributed by atoms with E-state index in [2.05, 4.69) is 0 Å². The molecule has 14 heavy (non-hydrogen) atoms. The van der Waals surface area contributed by atoms with Crippen molar-refractivity contribution in [2.75, 3.05) is 12.4 Å². The van der Waals surface area contributed by atoms with Crippen LogP contribution in [0.5, 0.6) is 0 Å². The number of aliphatic hydroxyl groups excluding tert-OH is 4. The molecule has 0 aliphatic carbocycles. The monoisotopic (exact) mass is 224 g/mol. The van der Waals surface area contributed by atoms with Gasteiger partial charge in [-0.05, 0) is 5.75 Å². The molecule has 1 saturated heterocycles. The smallest absolute Gasteiger partial charge is 0.132 e. The third-order valence-corrected chi connectivity index (χ3v) is 3.23. The molecule has 0 aromatic heterocycles. The van der Waals surface area contributed by atoms with Gasteiger partial charge < -0.3 is 25.2 Å². The van der Waals surface area contributed by atoms with Crippen molar-refractivity contribution < 1.29 is 25.2 Å². The maximum absolute atomic E-state index is 9.51. The van der Waals surface area contributed by atoms with Crippen LogP contribution in [0.2, 0.25) is 0 Å². The lowest BCUT2D eigenvalue weighted by molar-refractivity contribution is -0.205. The summed E-state index contributed by atoms with van der Waals surface area (Å²) in [6, 6.07) is 0. The van der Waals surface area contributed by atoms with Gasteiger partial charge in [0.2, 0.25) is 0 Å². The fraction of sp³-hybridized carbons (Fsp3) is 1.00. The van der Waals surface area contributed by atoms with Crippen LogP contribution in [0, 0.1) is 0 Å². The van der Waals surface area contributed by atoms with E-state index >= 15 is 0 Å². The van der Waals surface area contributed by atoms with Crippen LogP contribution in [-0.4, -0.2) is 62.6 Å². The molecule has 1 rings (SSSR count). The lowest BCUT2D eigenvalue weighted by atomic mass is 10.0. The SMILES string of the molecule is CCS[C@@H]1O[C@H](CO)[C@H](O)[C@H](O)[C@H]1O. The van der Waals surface area contributed by atoms with E-state index in [-0.39, 0.29) is 6.61 Å². The topological polar surface area (TPSA) is 90.2 Å². The highest BCUT2D eigenvalue weighted by molar-refractivity contribution is 7.99. The van der Waals surface area contributed by atoms with Gasteiger partial charge in [-0.3, -0.25) is 0 Å². The summed E-state index contributed by atoms with van der Waals surface area (Å²) in [6.07, 6.45) is -4.43. The fourth-order valence-corrected chi connectivity index (χ4v) is 2.28. The van der Waals surface area contributed by atoms with Crippen LogP contribution >= 0.6 is 11.8 Å². The van der Waals surface area contributed by atoms with E-state index < -0.39 is 29.9 Å². The summed E-state index contributed by atoms with van der Waals surface area (Å²) in [5.41, 5.74) is -0.587. The predicted octanol–water partition coefficient (Wildman–Crippen LogP) is -1.46. The fourth-order valence-electron chi connectivity index (χ4n) is 1.37. The first-order valence-corrected chi connectivity index (χ1v) is 5.58. The number of ether oxygens (including phenoxy) is 1. The number of rotatable bonds is 3. The Balaban J connectivity index is 2.63. The van der Waals surface area contributed by atoms with Crippen molar-refractivity contribution in [2.45, 2.75) is 36.8 Å². The summed E-state index contributed by atoms with van der Waals surface area (Å²) in [6.45, 7) is 1.53. The zero-order valence-corrected chi connectivity index (χ0v) is 8.72. The minimum Gasteiger partial charge on any atom is -0.394 e. The Kier molecular flexibility index (Phi) is 4.62. The molecule has 5 atom stereocenters. The third kappa shape index (κ3) is 2.39. The van der Waals surface area contributed by atoms with Gasteiger partial charge in [0.15, 0.2) is 0 Å². The molecule has 0 radical (unpaired) electrons. The zero-order valence-electron chi connectivity index (χ0n) is 7.91. The van der Waals surface area contributed by atoms with Crippen LogP contribution in [0.1, 0.15) is 6.92 Å². The predicted molar refractivity (Wildman–Crippen MR) is 51.9 cm³/mol. The van der Waals surface area contributed by atoms with Crippen molar-refractivity contribution in [3.63, 3.8) is 0 Å².